The lowest BCUT2D eigenvalue weighted by Crippen LogP contribution is -2.32. The number of nitrogens with zero attached hydrogens (tertiary/aromatic N) is 1. The number of benzene rings is 1. The predicted octanol–water partition coefficient (Wildman–Crippen LogP) is 2.52. The minimum atomic E-state index is -0.236. The van der Waals surface area contributed by atoms with Gasteiger partial charge in [-0.3, -0.25) is 14.5 Å². The van der Waals surface area contributed by atoms with Gasteiger partial charge in [0.15, 0.2) is 0 Å². The molecule has 0 bridgehead atoms. The molecule has 1 aliphatic heterocycles. The van der Waals surface area contributed by atoms with E-state index in [1.54, 1.807) is 0 Å². The molecular formula is C17H21NO3S. The first-order valence-corrected chi connectivity index (χ1v) is 8.41. The molecule has 0 unspecified atom stereocenters. The van der Waals surface area contributed by atoms with E-state index < -0.39 is 0 Å². The Bertz CT molecular complexity index is 637. The number of carbonyl (C=O) groups is 2. The molecule has 1 aromatic carbocycles. The van der Waals surface area contributed by atoms with Crippen LogP contribution < -0.4 is 0 Å². The smallest absolute Gasteiger partial charge is 0.267 e. The van der Waals surface area contributed by atoms with E-state index in [0.29, 0.717) is 22.8 Å². The van der Waals surface area contributed by atoms with Crippen LogP contribution >= 0.6 is 11.8 Å². The highest BCUT2D eigenvalue weighted by Crippen LogP contribution is 2.37. The summed E-state index contributed by atoms with van der Waals surface area (Å²) in [4.78, 5) is 27.0. The van der Waals surface area contributed by atoms with E-state index in [1.165, 1.54) is 16.7 Å². The van der Waals surface area contributed by atoms with Crippen LogP contribution in [0.25, 0.3) is 5.57 Å². The second kappa shape index (κ2) is 7.11. The fraction of sp³-hybridized carbons (Fsp3) is 0.412. The summed E-state index contributed by atoms with van der Waals surface area (Å²) in [6.45, 7) is 6.29. The molecule has 2 amide bonds. The molecule has 1 heterocycles. The van der Waals surface area contributed by atoms with E-state index in [0.717, 1.165) is 23.1 Å². The molecule has 118 valence electrons. The third-order valence-electron chi connectivity index (χ3n) is 3.56. The van der Waals surface area contributed by atoms with Crippen molar-refractivity contribution in [3.8, 4) is 0 Å². The molecular weight excluding hydrogens is 298 g/mol. The van der Waals surface area contributed by atoms with Crippen molar-refractivity contribution in [2.45, 2.75) is 27.2 Å². The number of rotatable bonds is 6. The van der Waals surface area contributed by atoms with Gasteiger partial charge in [0, 0.05) is 12.3 Å². The molecule has 1 aliphatic rings. The lowest BCUT2D eigenvalue weighted by atomic mass is 9.99. The minimum Gasteiger partial charge on any atom is -0.396 e. The Morgan fingerprint density at radius 1 is 1.18 bits per heavy atom. The van der Waals surface area contributed by atoms with Crippen LogP contribution in [0.2, 0.25) is 0 Å². The highest BCUT2D eigenvalue weighted by Gasteiger charge is 2.38. The van der Waals surface area contributed by atoms with Gasteiger partial charge in [-0.1, -0.05) is 30.7 Å². The summed E-state index contributed by atoms with van der Waals surface area (Å²) in [6.07, 6.45) is 0.732. The Labute approximate surface area is 135 Å². The lowest BCUT2D eigenvalue weighted by Gasteiger charge is -2.14. The summed E-state index contributed by atoms with van der Waals surface area (Å²) in [7, 11) is 0. The van der Waals surface area contributed by atoms with Crippen LogP contribution in [0.1, 0.15) is 30.0 Å². The summed E-state index contributed by atoms with van der Waals surface area (Å²) < 4.78 is 0. The maximum absolute atomic E-state index is 12.7. The number of amides is 2. The number of carbonyl (C=O) groups excluding carboxylic acids is 2. The first kappa shape index (κ1) is 16.8. The van der Waals surface area contributed by atoms with Crippen molar-refractivity contribution in [3.05, 3.63) is 39.8 Å². The number of thioether (sulfide) groups is 1. The summed E-state index contributed by atoms with van der Waals surface area (Å²) in [5.41, 5.74) is 3.39. The molecule has 1 N–H and O–H groups in total. The zero-order valence-electron chi connectivity index (χ0n) is 13.2. The number of imide groups is 1. The van der Waals surface area contributed by atoms with E-state index in [1.807, 2.05) is 39.0 Å². The molecule has 0 saturated carbocycles. The van der Waals surface area contributed by atoms with Gasteiger partial charge in [-0.15, -0.1) is 11.8 Å². The third-order valence-corrected chi connectivity index (χ3v) is 4.62. The number of aliphatic hydroxyl groups is 1. The molecule has 0 atom stereocenters. The van der Waals surface area contributed by atoms with Gasteiger partial charge in [0.2, 0.25) is 0 Å². The molecule has 5 heteroatoms. The summed E-state index contributed by atoms with van der Waals surface area (Å²) in [5, 5.41) is 9.04. The highest BCUT2D eigenvalue weighted by molar-refractivity contribution is 8.04. The van der Waals surface area contributed by atoms with Crippen molar-refractivity contribution in [1.29, 1.82) is 0 Å². The Morgan fingerprint density at radius 3 is 2.50 bits per heavy atom. The van der Waals surface area contributed by atoms with E-state index >= 15 is 0 Å². The van der Waals surface area contributed by atoms with Crippen LogP contribution in [-0.2, 0) is 9.59 Å². The standard InChI is InChI=1S/C17H21NO3S/c1-4-7-18-16(20)14(15(17(18)21)22-9-8-19)13-6-5-11(2)10-12(13)3/h5-6,10,19H,4,7-9H2,1-3H3. The molecule has 1 aromatic rings. The summed E-state index contributed by atoms with van der Waals surface area (Å²) >= 11 is 1.26. The van der Waals surface area contributed by atoms with Crippen LogP contribution in [0.3, 0.4) is 0 Å². The van der Waals surface area contributed by atoms with Crippen molar-refractivity contribution >= 4 is 29.1 Å². The van der Waals surface area contributed by atoms with Gasteiger partial charge < -0.3 is 5.11 Å². The van der Waals surface area contributed by atoms with Gasteiger partial charge in [-0.2, -0.15) is 0 Å². The van der Waals surface area contributed by atoms with Gasteiger partial charge in [-0.25, -0.2) is 0 Å². The van der Waals surface area contributed by atoms with Gasteiger partial charge in [0.25, 0.3) is 11.8 Å². The second-order valence-electron chi connectivity index (χ2n) is 5.36. The van der Waals surface area contributed by atoms with E-state index in [2.05, 4.69) is 0 Å². The summed E-state index contributed by atoms with van der Waals surface area (Å²) in [5.74, 6) is -0.0533. The average molecular weight is 319 g/mol. The fourth-order valence-corrected chi connectivity index (χ4v) is 3.46. The van der Waals surface area contributed by atoms with E-state index in [4.69, 9.17) is 5.11 Å². The third kappa shape index (κ3) is 3.10. The molecule has 0 fully saturated rings. The molecule has 0 aliphatic carbocycles. The molecule has 0 radical (unpaired) electrons. The Morgan fingerprint density at radius 2 is 1.91 bits per heavy atom. The van der Waals surface area contributed by atoms with Crippen molar-refractivity contribution in [2.75, 3.05) is 18.9 Å². The van der Waals surface area contributed by atoms with Crippen LogP contribution in [-0.4, -0.2) is 40.7 Å². The number of hydrogen-bond donors (Lipinski definition) is 1. The van der Waals surface area contributed by atoms with E-state index in [-0.39, 0.29) is 18.4 Å². The maximum atomic E-state index is 12.7. The zero-order valence-corrected chi connectivity index (χ0v) is 14.0. The van der Waals surface area contributed by atoms with Crippen LogP contribution in [0.5, 0.6) is 0 Å². The quantitative estimate of drug-likeness (QED) is 0.819. The second-order valence-corrected chi connectivity index (χ2v) is 6.46. The van der Waals surface area contributed by atoms with Crippen LogP contribution in [0.15, 0.2) is 23.1 Å². The fourth-order valence-electron chi connectivity index (χ4n) is 2.59. The molecule has 0 saturated heterocycles. The average Bonchev–Trinajstić information content (AvgIpc) is 2.70. The van der Waals surface area contributed by atoms with Crippen molar-refractivity contribution < 1.29 is 14.7 Å². The molecule has 0 aromatic heterocycles. The topological polar surface area (TPSA) is 57.6 Å². The molecule has 22 heavy (non-hydrogen) atoms. The van der Waals surface area contributed by atoms with Crippen molar-refractivity contribution in [1.82, 2.24) is 4.90 Å². The first-order chi connectivity index (χ1) is 10.5. The van der Waals surface area contributed by atoms with Crippen molar-refractivity contribution in [2.24, 2.45) is 0 Å². The normalized spacial score (nSPS) is 15.2. The Hall–Kier alpha value is -1.59. The zero-order chi connectivity index (χ0) is 16.3. The Kier molecular flexibility index (Phi) is 5.42. The first-order valence-electron chi connectivity index (χ1n) is 7.43. The van der Waals surface area contributed by atoms with Gasteiger partial charge in [0.1, 0.15) is 0 Å². The van der Waals surface area contributed by atoms with Crippen LogP contribution in [0, 0.1) is 13.8 Å². The number of hydrogen-bond acceptors (Lipinski definition) is 4. The lowest BCUT2D eigenvalue weighted by molar-refractivity contribution is -0.136. The highest BCUT2D eigenvalue weighted by atomic mass is 32.2. The van der Waals surface area contributed by atoms with E-state index in [9.17, 15) is 9.59 Å². The largest absolute Gasteiger partial charge is 0.396 e. The SMILES string of the molecule is CCCN1C(=O)C(SCCO)=C(c2ccc(C)cc2C)C1=O. The maximum Gasteiger partial charge on any atom is 0.267 e. The minimum absolute atomic E-state index is 0.0242. The predicted molar refractivity (Wildman–Crippen MR) is 89.4 cm³/mol. The summed E-state index contributed by atoms with van der Waals surface area (Å²) in [6, 6.07) is 5.86. The van der Waals surface area contributed by atoms with Crippen molar-refractivity contribution in [3.63, 3.8) is 0 Å². The monoisotopic (exact) mass is 319 g/mol. The van der Waals surface area contributed by atoms with Crippen LogP contribution in [0.4, 0.5) is 0 Å². The van der Waals surface area contributed by atoms with Gasteiger partial charge >= 0.3 is 0 Å². The molecule has 4 nitrogen and oxygen atoms in total. The number of aliphatic hydroxyl groups excluding tert-OH is 1. The number of aryl methyl sites for hydroxylation is 2. The molecule has 0 spiro atoms. The molecule has 2 rings (SSSR count). The van der Waals surface area contributed by atoms with Gasteiger partial charge in [0.05, 0.1) is 17.1 Å². The van der Waals surface area contributed by atoms with Gasteiger partial charge in [-0.05, 0) is 31.4 Å². The Balaban J connectivity index is 2.51.